The fourth-order valence-corrected chi connectivity index (χ4v) is 6.82. The number of ether oxygens (including phenoxy) is 3. The Bertz CT molecular complexity index is 1320. The number of anilines is 1. The van der Waals surface area contributed by atoms with Crippen LogP contribution < -0.4 is 20.1 Å². The van der Waals surface area contributed by atoms with E-state index in [-0.39, 0.29) is 30.3 Å². The summed E-state index contributed by atoms with van der Waals surface area (Å²) in [6.07, 6.45) is 8.24. The molecule has 3 aliphatic heterocycles. The molecule has 4 aliphatic rings. The molecule has 6 rings (SSSR count). The fraction of sp³-hybridized carbons (Fsp3) is 0.452. The zero-order valence-electron chi connectivity index (χ0n) is 22.8. The molecule has 3 heterocycles. The topological polar surface area (TPSA) is 106 Å². The van der Waals surface area contributed by atoms with E-state index < -0.39 is 29.6 Å². The second-order valence-electron chi connectivity index (χ2n) is 11.1. The quantitative estimate of drug-likeness (QED) is 0.493. The lowest BCUT2D eigenvalue weighted by Gasteiger charge is -2.34. The Balaban J connectivity index is 1.31. The Morgan fingerprint density at radius 3 is 2.48 bits per heavy atom. The van der Waals surface area contributed by atoms with Gasteiger partial charge in [-0.3, -0.25) is 14.4 Å². The van der Waals surface area contributed by atoms with Crippen LogP contribution in [0.2, 0.25) is 0 Å². The number of nitrogens with one attached hydrogen (secondary N) is 2. The molecule has 1 spiro atoms. The maximum Gasteiger partial charge on any atom is 0.246 e. The van der Waals surface area contributed by atoms with Gasteiger partial charge in [0.2, 0.25) is 17.7 Å². The molecule has 3 amide bonds. The summed E-state index contributed by atoms with van der Waals surface area (Å²) in [6, 6.07) is 13.7. The first-order valence-corrected chi connectivity index (χ1v) is 14.0. The van der Waals surface area contributed by atoms with Crippen LogP contribution in [0.3, 0.4) is 0 Å². The minimum Gasteiger partial charge on any atom is -0.497 e. The molecule has 0 radical (unpaired) electrons. The number of carbonyl (C=O) groups is 3. The van der Waals surface area contributed by atoms with Gasteiger partial charge in [0.15, 0.2) is 0 Å². The molecule has 0 unspecified atom stereocenters. The molecule has 3 fully saturated rings. The maximum absolute atomic E-state index is 14.2. The van der Waals surface area contributed by atoms with Crippen molar-refractivity contribution in [2.45, 2.75) is 62.4 Å². The summed E-state index contributed by atoms with van der Waals surface area (Å²) in [4.78, 5) is 43.4. The van der Waals surface area contributed by atoms with Gasteiger partial charge in [-0.05, 0) is 42.7 Å². The predicted molar refractivity (Wildman–Crippen MR) is 148 cm³/mol. The van der Waals surface area contributed by atoms with Gasteiger partial charge in [-0.25, -0.2) is 0 Å². The van der Waals surface area contributed by atoms with Gasteiger partial charge < -0.3 is 29.7 Å². The Morgan fingerprint density at radius 1 is 1.00 bits per heavy atom. The van der Waals surface area contributed by atoms with Crippen molar-refractivity contribution in [2.24, 2.45) is 11.8 Å². The number of nitrogens with zero attached hydrogens (tertiary/aromatic N) is 1. The van der Waals surface area contributed by atoms with Crippen molar-refractivity contribution >= 4 is 23.4 Å². The van der Waals surface area contributed by atoms with E-state index in [1.807, 2.05) is 36.4 Å². The summed E-state index contributed by atoms with van der Waals surface area (Å²) in [5, 5.41) is 6.16. The normalized spacial score (nSPS) is 28.9. The highest BCUT2D eigenvalue weighted by atomic mass is 16.5. The third kappa shape index (κ3) is 4.52. The SMILES string of the molecule is COc1ccc(CN2C(=O)[C@H]3[C@@H](C(=O)Nc4cccc(OC)c4)[C@H]4C=C[C@@]3(O4)[C@@H]2C(=O)NC2CCCCC2)cc1. The van der Waals surface area contributed by atoms with Gasteiger partial charge in [-0.2, -0.15) is 0 Å². The van der Waals surface area contributed by atoms with E-state index in [1.54, 1.807) is 43.4 Å². The number of benzene rings is 2. The monoisotopic (exact) mass is 545 g/mol. The molecular formula is C31H35N3O6. The molecule has 2 N–H and O–H groups in total. The van der Waals surface area contributed by atoms with Gasteiger partial charge >= 0.3 is 0 Å². The summed E-state index contributed by atoms with van der Waals surface area (Å²) in [5.41, 5.74) is 0.220. The lowest BCUT2D eigenvalue weighted by molar-refractivity contribution is -0.142. The molecule has 0 aromatic heterocycles. The number of hydrogen-bond acceptors (Lipinski definition) is 6. The average Bonchev–Trinajstić information content (AvgIpc) is 3.61. The molecule has 9 nitrogen and oxygen atoms in total. The highest BCUT2D eigenvalue weighted by Gasteiger charge is 2.72. The first-order valence-electron chi connectivity index (χ1n) is 14.0. The summed E-state index contributed by atoms with van der Waals surface area (Å²) >= 11 is 0. The van der Waals surface area contributed by atoms with E-state index >= 15 is 0 Å². The number of fused-ring (bicyclic) bond motifs is 1. The Labute approximate surface area is 233 Å². The van der Waals surface area contributed by atoms with Crippen molar-refractivity contribution in [1.82, 2.24) is 10.2 Å². The van der Waals surface area contributed by atoms with Crippen molar-refractivity contribution in [1.29, 1.82) is 0 Å². The Morgan fingerprint density at radius 2 is 1.75 bits per heavy atom. The van der Waals surface area contributed by atoms with E-state index in [2.05, 4.69) is 10.6 Å². The highest BCUT2D eigenvalue weighted by Crippen LogP contribution is 2.55. The minimum absolute atomic E-state index is 0.0735. The minimum atomic E-state index is -1.21. The van der Waals surface area contributed by atoms with Crippen LogP contribution in [0.1, 0.15) is 37.7 Å². The Hall–Kier alpha value is -3.85. The van der Waals surface area contributed by atoms with Gasteiger partial charge in [0.05, 0.1) is 32.2 Å². The summed E-state index contributed by atoms with van der Waals surface area (Å²) < 4.78 is 17.0. The molecule has 2 saturated heterocycles. The van der Waals surface area contributed by atoms with E-state index in [0.717, 1.165) is 31.2 Å². The number of hydrogen-bond donors (Lipinski definition) is 2. The fourth-order valence-electron chi connectivity index (χ4n) is 6.82. The molecule has 2 aromatic carbocycles. The Kier molecular flexibility index (Phi) is 7.00. The van der Waals surface area contributed by atoms with Crippen molar-refractivity contribution in [3.63, 3.8) is 0 Å². The van der Waals surface area contributed by atoms with Crippen molar-refractivity contribution in [3.8, 4) is 11.5 Å². The molecule has 1 saturated carbocycles. The van der Waals surface area contributed by atoms with Crippen LogP contribution in [0.5, 0.6) is 11.5 Å². The molecule has 210 valence electrons. The number of methoxy groups -OCH3 is 2. The largest absolute Gasteiger partial charge is 0.497 e. The lowest BCUT2D eigenvalue weighted by atomic mass is 9.74. The summed E-state index contributed by atoms with van der Waals surface area (Å²) in [5.74, 6) is -1.06. The number of rotatable bonds is 8. The van der Waals surface area contributed by atoms with Crippen LogP contribution in [0.4, 0.5) is 5.69 Å². The summed E-state index contributed by atoms with van der Waals surface area (Å²) in [7, 11) is 3.16. The number of likely N-dealkylation sites (tertiary alicyclic amines) is 1. The molecule has 2 aromatic rings. The molecular weight excluding hydrogens is 510 g/mol. The van der Waals surface area contributed by atoms with Crippen LogP contribution in [0, 0.1) is 11.8 Å². The molecule has 1 aliphatic carbocycles. The van der Waals surface area contributed by atoms with Crippen molar-refractivity contribution in [3.05, 3.63) is 66.2 Å². The van der Waals surface area contributed by atoms with Crippen LogP contribution in [0.25, 0.3) is 0 Å². The van der Waals surface area contributed by atoms with Gasteiger partial charge in [0, 0.05) is 24.3 Å². The van der Waals surface area contributed by atoms with Crippen LogP contribution >= 0.6 is 0 Å². The zero-order chi connectivity index (χ0) is 27.9. The first kappa shape index (κ1) is 26.4. The smallest absolute Gasteiger partial charge is 0.246 e. The lowest BCUT2D eigenvalue weighted by Crippen LogP contribution is -2.56. The second kappa shape index (κ2) is 10.6. The zero-order valence-corrected chi connectivity index (χ0v) is 22.8. The van der Waals surface area contributed by atoms with E-state index in [9.17, 15) is 14.4 Å². The van der Waals surface area contributed by atoms with E-state index in [0.29, 0.717) is 17.2 Å². The third-order valence-electron chi connectivity index (χ3n) is 8.73. The van der Waals surface area contributed by atoms with Gasteiger partial charge in [-0.1, -0.05) is 49.6 Å². The average molecular weight is 546 g/mol. The van der Waals surface area contributed by atoms with Gasteiger partial charge in [0.1, 0.15) is 23.1 Å². The van der Waals surface area contributed by atoms with Gasteiger partial charge in [-0.15, -0.1) is 0 Å². The standard InChI is InChI=1S/C31H35N3O6/c1-38-22-13-11-19(12-14-22)18-34-27(29(36)32-20-7-4-3-5-8-20)31-16-15-24(40-31)25(26(31)30(34)37)28(35)33-21-9-6-10-23(17-21)39-2/h6,9-17,20,24-27H,3-5,7-8,18H2,1-2H3,(H,32,36)(H,33,35)/t24-,25+,26-,27+,31+/m1/s1. The molecule has 2 bridgehead atoms. The van der Waals surface area contributed by atoms with Gasteiger partial charge in [0.25, 0.3) is 0 Å². The molecule has 5 atom stereocenters. The molecule has 40 heavy (non-hydrogen) atoms. The number of amides is 3. The van der Waals surface area contributed by atoms with Crippen LogP contribution in [0.15, 0.2) is 60.7 Å². The van der Waals surface area contributed by atoms with Crippen molar-refractivity contribution in [2.75, 3.05) is 19.5 Å². The third-order valence-corrected chi connectivity index (χ3v) is 8.73. The van der Waals surface area contributed by atoms with E-state index in [4.69, 9.17) is 14.2 Å². The maximum atomic E-state index is 14.2. The first-order chi connectivity index (χ1) is 19.4. The second-order valence-corrected chi connectivity index (χ2v) is 11.1. The number of carbonyl (C=O) groups excluding carboxylic acids is 3. The van der Waals surface area contributed by atoms with Crippen molar-refractivity contribution < 1.29 is 28.6 Å². The van der Waals surface area contributed by atoms with Crippen LogP contribution in [-0.2, 0) is 25.7 Å². The summed E-state index contributed by atoms with van der Waals surface area (Å²) in [6.45, 7) is 0.218. The highest BCUT2D eigenvalue weighted by molar-refractivity contribution is 6.02. The van der Waals surface area contributed by atoms with Crippen LogP contribution in [-0.4, -0.2) is 60.6 Å². The molecule has 9 heteroatoms. The van der Waals surface area contributed by atoms with E-state index in [1.165, 1.54) is 6.42 Å². The predicted octanol–water partition coefficient (Wildman–Crippen LogP) is 3.44.